The van der Waals surface area contributed by atoms with Gasteiger partial charge in [0.15, 0.2) is 10.6 Å². The van der Waals surface area contributed by atoms with Crippen LogP contribution >= 0.6 is 0 Å². The molecular weight excluding hydrogens is 276 g/mol. The molecule has 2 aromatic carbocycles. The fourth-order valence-electron chi connectivity index (χ4n) is 2.19. The Kier molecular flexibility index (Phi) is 6.06. The molecule has 0 N–H and O–H groups in total. The van der Waals surface area contributed by atoms with Gasteiger partial charge in [0.2, 0.25) is 5.78 Å². The molecule has 0 fully saturated rings. The van der Waals surface area contributed by atoms with E-state index in [0.717, 1.165) is 11.3 Å². The van der Waals surface area contributed by atoms with Gasteiger partial charge in [-0.2, -0.15) is 0 Å². The summed E-state index contributed by atoms with van der Waals surface area (Å²) in [5.74, 6) is 2.00. The van der Waals surface area contributed by atoms with Crippen molar-refractivity contribution in [1.29, 1.82) is 0 Å². The SMILES string of the molecule is CCCC[S+](CC(=O)c1ccc(C)cc1)c1ccccc1. The lowest BCUT2D eigenvalue weighted by Crippen LogP contribution is -2.20. The van der Waals surface area contributed by atoms with E-state index in [1.807, 2.05) is 37.3 Å². The second-order valence-corrected chi connectivity index (χ2v) is 7.45. The molecule has 1 atom stereocenters. The maximum absolute atomic E-state index is 12.5. The highest BCUT2D eigenvalue weighted by molar-refractivity contribution is 7.97. The monoisotopic (exact) mass is 299 g/mol. The number of aryl methyl sites for hydroxylation is 1. The number of rotatable bonds is 7. The van der Waals surface area contributed by atoms with Crippen LogP contribution in [0, 0.1) is 6.92 Å². The zero-order valence-electron chi connectivity index (χ0n) is 12.8. The lowest BCUT2D eigenvalue weighted by molar-refractivity contribution is 0.102. The summed E-state index contributed by atoms with van der Waals surface area (Å²) in [6.07, 6.45) is 2.36. The van der Waals surface area contributed by atoms with Gasteiger partial charge in [0.25, 0.3) is 0 Å². The first kappa shape index (κ1) is 15.8. The number of ketones is 1. The van der Waals surface area contributed by atoms with Gasteiger partial charge in [-0.1, -0.05) is 61.4 Å². The van der Waals surface area contributed by atoms with Gasteiger partial charge in [0.05, 0.1) is 0 Å². The molecule has 2 aromatic rings. The third kappa shape index (κ3) is 4.75. The summed E-state index contributed by atoms with van der Waals surface area (Å²) < 4.78 is 0. The largest absolute Gasteiger partial charge is 0.289 e. The fourth-order valence-corrected chi connectivity index (χ4v) is 4.39. The predicted molar refractivity (Wildman–Crippen MR) is 92.2 cm³/mol. The number of carbonyl (C=O) groups excluding carboxylic acids is 1. The van der Waals surface area contributed by atoms with Crippen molar-refractivity contribution in [2.75, 3.05) is 11.5 Å². The molecule has 0 bridgehead atoms. The maximum atomic E-state index is 12.5. The van der Waals surface area contributed by atoms with E-state index in [1.165, 1.54) is 23.3 Å². The number of unbranched alkanes of at least 4 members (excludes halogenated alkanes) is 1. The molecule has 1 unspecified atom stereocenters. The van der Waals surface area contributed by atoms with E-state index in [4.69, 9.17) is 0 Å². The highest BCUT2D eigenvalue weighted by Crippen LogP contribution is 2.17. The number of carbonyl (C=O) groups is 1. The molecule has 1 nitrogen and oxygen atoms in total. The predicted octanol–water partition coefficient (Wildman–Crippen LogP) is 4.66. The second-order valence-electron chi connectivity index (χ2n) is 5.30. The van der Waals surface area contributed by atoms with E-state index in [-0.39, 0.29) is 16.7 Å². The van der Waals surface area contributed by atoms with E-state index >= 15 is 0 Å². The third-order valence-electron chi connectivity index (χ3n) is 3.50. The molecule has 110 valence electrons. The Hall–Kier alpha value is -1.54. The Morgan fingerprint density at radius 2 is 1.67 bits per heavy atom. The Balaban J connectivity index is 2.11. The molecule has 0 aliphatic rings. The molecule has 0 heterocycles. The van der Waals surface area contributed by atoms with Crippen molar-refractivity contribution in [2.45, 2.75) is 31.6 Å². The highest BCUT2D eigenvalue weighted by Gasteiger charge is 2.25. The van der Waals surface area contributed by atoms with Crippen LogP contribution in [0.2, 0.25) is 0 Å². The summed E-state index contributed by atoms with van der Waals surface area (Å²) in [5, 5.41) is 0. The summed E-state index contributed by atoms with van der Waals surface area (Å²) in [7, 11) is 0.0268. The lowest BCUT2D eigenvalue weighted by Gasteiger charge is -2.08. The van der Waals surface area contributed by atoms with Gasteiger partial charge in [-0.15, -0.1) is 0 Å². The average molecular weight is 299 g/mol. The Bertz CT molecular complexity index is 560. The zero-order valence-corrected chi connectivity index (χ0v) is 13.7. The van der Waals surface area contributed by atoms with Gasteiger partial charge >= 0.3 is 0 Å². The van der Waals surface area contributed by atoms with E-state index in [0.29, 0.717) is 5.75 Å². The van der Waals surface area contributed by atoms with Gasteiger partial charge in [0.1, 0.15) is 5.75 Å². The molecule has 21 heavy (non-hydrogen) atoms. The van der Waals surface area contributed by atoms with Crippen LogP contribution in [0.5, 0.6) is 0 Å². The van der Waals surface area contributed by atoms with Crippen LogP contribution in [-0.4, -0.2) is 17.3 Å². The van der Waals surface area contributed by atoms with Gasteiger partial charge in [-0.3, -0.25) is 4.79 Å². The number of hydrogen-bond donors (Lipinski definition) is 0. The van der Waals surface area contributed by atoms with Crippen molar-refractivity contribution >= 4 is 16.7 Å². The normalized spacial score (nSPS) is 12.1. The van der Waals surface area contributed by atoms with E-state index in [1.54, 1.807) is 0 Å². The van der Waals surface area contributed by atoms with Crippen LogP contribution in [0.3, 0.4) is 0 Å². The molecule has 0 saturated heterocycles. The molecule has 0 amide bonds. The molecule has 0 aliphatic carbocycles. The molecule has 0 spiro atoms. The molecule has 2 rings (SSSR count). The quantitative estimate of drug-likeness (QED) is 0.537. The molecular formula is C19H23OS+. The van der Waals surface area contributed by atoms with Crippen molar-refractivity contribution in [3.05, 3.63) is 65.7 Å². The standard InChI is InChI=1S/C19H23OS/c1-3-4-14-21(18-8-6-5-7-9-18)15-19(20)17-12-10-16(2)11-13-17/h5-13H,3-4,14-15H2,1-2H3/q+1. The van der Waals surface area contributed by atoms with E-state index in [2.05, 4.69) is 31.2 Å². The minimum absolute atomic E-state index is 0.0268. The first-order chi connectivity index (χ1) is 10.2. The summed E-state index contributed by atoms with van der Waals surface area (Å²) in [4.78, 5) is 13.8. The minimum Gasteiger partial charge on any atom is -0.289 e. The average Bonchev–Trinajstić information content (AvgIpc) is 2.52. The third-order valence-corrected chi connectivity index (χ3v) is 5.83. The van der Waals surface area contributed by atoms with Gasteiger partial charge in [-0.25, -0.2) is 0 Å². The zero-order chi connectivity index (χ0) is 15.1. The maximum Gasteiger partial charge on any atom is 0.212 e. The van der Waals surface area contributed by atoms with Gasteiger partial charge in [0, 0.05) is 16.5 Å². The molecule has 0 aromatic heterocycles. The van der Waals surface area contributed by atoms with Crippen LogP contribution in [0.25, 0.3) is 0 Å². The number of hydrogen-bond acceptors (Lipinski definition) is 1. The highest BCUT2D eigenvalue weighted by atomic mass is 32.2. The van der Waals surface area contributed by atoms with E-state index in [9.17, 15) is 4.79 Å². The second kappa shape index (κ2) is 8.04. The fraction of sp³-hybridized carbons (Fsp3) is 0.316. The summed E-state index contributed by atoms with van der Waals surface area (Å²) in [5.41, 5.74) is 2.03. The molecule has 0 aliphatic heterocycles. The van der Waals surface area contributed by atoms with Crippen LogP contribution in [0.1, 0.15) is 35.7 Å². The smallest absolute Gasteiger partial charge is 0.212 e. The topological polar surface area (TPSA) is 17.1 Å². The lowest BCUT2D eigenvalue weighted by atomic mass is 10.1. The summed E-state index contributed by atoms with van der Waals surface area (Å²) in [6.45, 7) is 4.25. The van der Waals surface area contributed by atoms with Gasteiger partial charge in [-0.05, 0) is 25.5 Å². The van der Waals surface area contributed by atoms with Crippen LogP contribution < -0.4 is 0 Å². The summed E-state index contributed by atoms with van der Waals surface area (Å²) in [6, 6.07) is 18.4. The first-order valence-corrected chi connectivity index (χ1v) is 9.09. The van der Waals surface area contributed by atoms with Crippen LogP contribution in [0.15, 0.2) is 59.5 Å². The Labute approximate surface area is 130 Å². The number of benzene rings is 2. The van der Waals surface area contributed by atoms with Crippen molar-refractivity contribution < 1.29 is 4.79 Å². The molecule has 2 heteroatoms. The van der Waals surface area contributed by atoms with Crippen LogP contribution in [0.4, 0.5) is 0 Å². The Morgan fingerprint density at radius 3 is 2.29 bits per heavy atom. The minimum atomic E-state index is 0.0268. The van der Waals surface area contributed by atoms with Crippen molar-refractivity contribution in [1.82, 2.24) is 0 Å². The van der Waals surface area contributed by atoms with E-state index < -0.39 is 0 Å². The van der Waals surface area contributed by atoms with Gasteiger partial charge < -0.3 is 0 Å². The first-order valence-electron chi connectivity index (χ1n) is 7.53. The van der Waals surface area contributed by atoms with Crippen molar-refractivity contribution in [2.24, 2.45) is 0 Å². The van der Waals surface area contributed by atoms with Crippen molar-refractivity contribution in [3.63, 3.8) is 0 Å². The van der Waals surface area contributed by atoms with Crippen molar-refractivity contribution in [3.8, 4) is 0 Å². The summed E-state index contributed by atoms with van der Waals surface area (Å²) >= 11 is 0. The number of Topliss-reactive ketones (excluding diaryl/α,β-unsaturated/α-hetero) is 1. The molecule has 0 radical (unpaired) electrons. The van der Waals surface area contributed by atoms with Crippen LogP contribution in [-0.2, 0) is 10.9 Å². The Morgan fingerprint density at radius 1 is 1.00 bits per heavy atom. The molecule has 0 saturated carbocycles.